The van der Waals surface area contributed by atoms with Crippen LogP contribution in [0, 0.1) is 17.8 Å². The van der Waals surface area contributed by atoms with E-state index in [2.05, 4.69) is 20.8 Å². The molecule has 5 heteroatoms. The molecule has 4 atom stereocenters. The van der Waals surface area contributed by atoms with Crippen molar-refractivity contribution in [3.63, 3.8) is 0 Å². The Bertz CT molecular complexity index is 494. The molecule has 1 aromatic carbocycles. The summed E-state index contributed by atoms with van der Waals surface area (Å²) in [4.78, 5) is 0. The van der Waals surface area contributed by atoms with E-state index >= 15 is 0 Å². The van der Waals surface area contributed by atoms with Crippen molar-refractivity contribution in [3.05, 3.63) is 30.3 Å². The van der Waals surface area contributed by atoms with Crippen molar-refractivity contribution in [3.8, 4) is 0 Å². The second-order valence-corrected chi connectivity index (χ2v) is 13.7. The molecule has 2 rings (SSSR count). The van der Waals surface area contributed by atoms with Crippen LogP contribution in [-0.2, 0) is 16.3 Å². The lowest BCUT2D eigenvalue weighted by Crippen LogP contribution is -2.34. The lowest BCUT2D eigenvalue weighted by molar-refractivity contribution is 0.0581. The van der Waals surface area contributed by atoms with Crippen LogP contribution in [0.15, 0.2) is 30.3 Å². The van der Waals surface area contributed by atoms with Gasteiger partial charge in [-0.3, -0.25) is 0 Å². The highest BCUT2D eigenvalue weighted by atomic mass is 35.7. The van der Waals surface area contributed by atoms with Crippen LogP contribution in [0.2, 0.25) is 0 Å². The second-order valence-electron chi connectivity index (χ2n) is 6.37. The standard InChI is InChI=1S/C16H24ClOPS2/c1-12(2)15-10-9-13(3)11-16(15)18-19(20,21-17)14-7-5-4-6-8-14/h4-8,12-13,15-16H,9-11H2,1-3H3/t13-,15+,16-,19?/m1/s1. The Kier molecular flexibility index (Phi) is 6.65. The molecule has 1 aromatic rings. The first-order valence-corrected chi connectivity index (χ1v) is 12.6. The molecule has 1 fully saturated rings. The largest absolute Gasteiger partial charge is 0.334 e. The molecule has 0 aromatic heterocycles. The van der Waals surface area contributed by atoms with Crippen LogP contribution in [0.1, 0.15) is 40.0 Å². The van der Waals surface area contributed by atoms with Crippen LogP contribution in [0.5, 0.6) is 0 Å². The normalized spacial score (nSPS) is 29.3. The summed E-state index contributed by atoms with van der Waals surface area (Å²) in [5, 5.41) is 1.07. The van der Waals surface area contributed by atoms with Crippen LogP contribution >= 0.6 is 26.7 Å². The van der Waals surface area contributed by atoms with Gasteiger partial charge >= 0.3 is 0 Å². The van der Waals surface area contributed by atoms with Gasteiger partial charge in [-0.1, -0.05) is 57.5 Å². The van der Waals surface area contributed by atoms with Crippen LogP contribution in [0.25, 0.3) is 0 Å². The molecule has 1 nitrogen and oxygen atoms in total. The average Bonchev–Trinajstić information content (AvgIpc) is 2.47. The molecule has 1 aliphatic rings. The van der Waals surface area contributed by atoms with Gasteiger partial charge < -0.3 is 4.52 Å². The van der Waals surface area contributed by atoms with Gasteiger partial charge in [0.05, 0.1) is 6.10 Å². The summed E-state index contributed by atoms with van der Waals surface area (Å²) in [5.74, 6) is 1.93. The van der Waals surface area contributed by atoms with Gasteiger partial charge in [0.15, 0.2) is 5.47 Å². The quantitative estimate of drug-likeness (QED) is 0.596. The predicted octanol–water partition coefficient (Wildman–Crippen LogP) is 5.99. The number of hydrogen-bond donors (Lipinski definition) is 0. The Morgan fingerprint density at radius 3 is 2.52 bits per heavy atom. The third kappa shape index (κ3) is 4.48. The highest BCUT2D eigenvalue weighted by molar-refractivity contribution is 8.79. The van der Waals surface area contributed by atoms with Crippen molar-refractivity contribution in [2.24, 2.45) is 17.8 Å². The van der Waals surface area contributed by atoms with E-state index in [0.717, 1.165) is 11.7 Å². The monoisotopic (exact) mass is 362 g/mol. The van der Waals surface area contributed by atoms with Crippen molar-refractivity contribution < 1.29 is 4.52 Å². The maximum atomic E-state index is 6.52. The highest BCUT2D eigenvalue weighted by Gasteiger charge is 2.36. The van der Waals surface area contributed by atoms with Crippen LogP contribution in [-0.4, -0.2) is 6.10 Å². The summed E-state index contributed by atoms with van der Waals surface area (Å²) < 4.78 is 6.52. The Morgan fingerprint density at radius 1 is 1.29 bits per heavy atom. The molecule has 0 spiro atoms. The van der Waals surface area contributed by atoms with Crippen molar-refractivity contribution in [2.45, 2.75) is 46.1 Å². The molecule has 21 heavy (non-hydrogen) atoms. The summed E-state index contributed by atoms with van der Waals surface area (Å²) in [7, 11) is 7.37. The molecule has 118 valence electrons. The predicted molar refractivity (Wildman–Crippen MR) is 100 cm³/mol. The van der Waals surface area contributed by atoms with Gasteiger partial charge in [0.1, 0.15) is 0 Å². The van der Waals surface area contributed by atoms with Crippen LogP contribution in [0.4, 0.5) is 0 Å². The van der Waals surface area contributed by atoms with Crippen molar-refractivity contribution in [1.82, 2.24) is 0 Å². The molecule has 1 unspecified atom stereocenters. The van der Waals surface area contributed by atoms with Gasteiger partial charge in [0.2, 0.25) is 0 Å². The molecule has 1 aliphatic carbocycles. The number of rotatable bonds is 5. The second kappa shape index (κ2) is 7.84. The third-order valence-corrected chi connectivity index (χ3v) is 11.5. The van der Waals surface area contributed by atoms with E-state index < -0.39 is 5.47 Å². The van der Waals surface area contributed by atoms with E-state index in [1.54, 1.807) is 0 Å². The minimum atomic E-state index is -2.21. The molecular formula is C16H24ClOPS2. The molecule has 0 bridgehead atoms. The van der Waals surface area contributed by atoms with Gasteiger partial charge in [0.25, 0.3) is 0 Å². The fourth-order valence-corrected chi connectivity index (χ4v) is 7.25. The van der Waals surface area contributed by atoms with E-state index in [1.165, 1.54) is 23.4 Å². The summed E-state index contributed by atoms with van der Waals surface area (Å²) in [6.45, 7) is 6.89. The van der Waals surface area contributed by atoms with Crippen molar-refractivity contribution in [1.29, 1.82) is 0 Å². The first kappa shape index (κ1) is 17.8. The van der Waals surface area contributed by atoms with Crippen molar-refractivity contribution >= 4 is 43.9 Å². The summed E-state index contributed by atoms with van der Waals surface area (Å²) in [6, 6.07) is 10.1. The number of hydrogen-bond acceptors (Lipinski definition) is 3. The first-order valence-electron chi connectivity index (χ1n) is 7.60. The maximum Gasteiger partial charge on any atom is 0.163 e. The first-order chi connectivity index (χ1) is 9.96. The minimum Gasteiger partial charge on any atom is -0.334 e. The molecule has 0 heterocycles. The number of halogens is 1. The highest BCUT2D eigenvalue weighted by Crippen LogP contribution is 2.63. The van der Waals surface area contributed by atoms with Gasteiger partial charge in [-0.15, -0.1) is 0 Å². The number of benzene rings is 1. The Hall–Kier alpha value is 0.470. The molecule has 0 amide bonds. The average molecular weight is 363 g/mol. The van der Waals surface area contributed by atoms with Gasteiger partial charge in [-0.2, -0.15) is 0 Å². The smallest absolute Gasteiger partial charge is 0.163 e. The zero-order valence-corrected chi connectivity index (χ0v) is 16.2. The zero-order valence-electron chi connectivity index (χ0n) is 12.9. The summed E-state index contributed by atoms with van der Waals surface area (Å²) in [5.41, 5.74) is -2.21. The fraction of sp³-hybridized carbons (Fsp3) is 0.625. The Balaban J connectivity index is 2.21. The SMILES string of the molecule is CC(C)[C@@H]1CC[C@@H](C)C[C@H]1OP(=S)(SCl)c1ccccc1. The molecule has 0 radical (unpaired) electrons. The molecule has 0 N–H and O–H groups in total. The van der Waals surface area contributed by atoms with E-state index in [1.807, 2.05) is 30.3 Å². The third-order valence-electron chi connectivity index (χ3n) is 4.40. The lowest BCUT2D eigenvalue weighted by atomic mass is 9.75. The van der Waals surface area contributed by atoms with E-state index in [-0.39, 0.29) is 6.10 Å². The van der Waals surface area contributed by atoms with Crippen LogP contribution < -0.4 is 5.30 Å². The maximum absolute atomic E-state index is 6.52. The van der Waals surface area contributed by atoms with Crippen molar-refractivity contribution in [2.75, 3.05) is 0 Å². The molecule has 1 saturated carbocycles. The molecule has 0 aliphatic heterocycles. The Morgan fingerprint density at radius 2 is 1.95 bits per heavy atom. The lowest BCUT2D eigenvalue weighted by Gasteiger charge is -2.39. The topological polar surface area (TPSA) is 9.23 Å². The van der Waals surface area contributed by atoms with E-state index in [4.69, 9.17) is 27.0 Å². The van der Waals surface area contributed by atoms with Gasteiger partial charge in [-0.05, 0) is 53.1 Å². The summed E-state index contributed by atoms with van der Waals surface area (Å²) >= 11 is 5.85. The fourth-order valence-electron chi connectivity index (χ4n) is 3.14. The van der Waals surface area contributed by atoms with E-state index in [9.17, 15) is 0 Å². The van der Waals surface area contributed by atoms with Gasteiger partial charge in [-0.25, -0.2) is 0 Å². The van der Waals surface area contributed by atoms with Gasteiger partial charge in [0, 0.05) is 15.9 Å². The Labute approximate surface area is 142 Å². The summed E-state index contributed by atoms with van der Waals surface area (Å²) in [6.07, 6.45) is 3.88. The van der Waals surface area contributed by atoms with E-state index in [0.29, 0.717) is 17.8 Å². The minimum absolute atomic E-state index is 0.242. The van der Waals surface area contributed by atoms with Crippen LogP contribution in [0.3, 0.4) is 0 Å². The zero-order chi connectivity index (χ0) is 15.5. The molecular weight excluding hydrogens is 339 g/mol. The molecule has 0 saturated heterocycles.